The molecule has 1 aromatic heterocycles. The number of hydrogen-bond donors (Lipinski definition) is 0. The van der Waals surface area contributed by atoms with Gasteiger partial charge in [-0.1, -0.05) is 123 Å². The molecule has 9 rings (SSSR count). The van der Waals surface area contributed by atoms with Crippen LogP contribution in [0, 0.1) is 0 Å². The summed E-state index contributed by atoms with van der Waals surface area (Å²) in [6.45, 7) is 4.72. The molecule has 0 aliphatic heterocycles. The first-order valence-electron chi connectivity index (χ1n) is 15.6. The van der Waals surface area contributed by atoms with Crippen LogP contribution >= 0.6 is 11.3 Å². The van der Waals surface area contributed by atoms with E-state index in [9.17, 15) is 0 Å². The van der Waals surface area contributed by atoms with Gasteiger partial charge >= 0.3 is 0 Å². The van der Waals surface area contributed by atoms with Crippen LogP contribution in [0.25, 0.3) is 53.2 Å². The summed E-state index contributed by atoms with van der Waals surface area (Å²) in [5.74, 6) is 0. The number of para-hydroxylation sites is 1. The van der Waals surface area contributed by atoms with Crippen LogP contribution in [0.5, 0.6) is 0 Å². The second kappa shape index (κ2) is 9.92. The number of hydrogen-bond acceptors (Lipinski definition) is 2. The molecule has 0 saturated carbocycles. The zero-order valence-corrected chi connectivity index (χ0v) is 26.1. The molecule has 0 bridgehead atoms. The standard InChI is InChI=1S/C43H31NS/c1-43(2)37-17-9-6-15-33(37)34-24-23-31(27-38(34)43)44(39-18-10-7-14-32(39)28-12-4-3-5-13-28)30-22-20-29-21-25-41-42(36(29)26-30)35-16-8-11-19-40(35)45-41/h3-27H,1-2H3. The molecule has 0 atom stereocenters. The summed E-state index contributed by atoms with van der Waals surface area (Å²) in [5, 5.41) is 5.22. The van der Waals surface area contributed by atoms with Gasteiger partial charge in [0.15, 0.2) is 0 Å². The zero-order valence-electron chi connectivity index (χ0n) is 25.3. The summed E-state index contributed by atoms with van der Waals surface area (Å²) in [7, 11) is 0. The maximum atomic E-state index is 2.47. The Morgan fingerprint density at radius 1 is 0.489 bits per heavy atom. The van der Waals surface area contributed by atoms with Crippen LogP contribution in [0.3, 0.4) is 0 Å². The SMILES string of the molecule is CC1(C)c2ccccc2-c2ccc(N(c3ccc4ccc5sc6ccccc6c5c4c3)c3ccccc3-c3ccccc3)cc21. The molecule has 0 spiro atoms. The van der Waals surface area contributed by atoms with Gasteiger partial charge in [0, 0.05) is 42.5 Å². The topological polar surface area (TPSA) is 3.24 Å². The van der Waals surface area contributed by atoms with E-state index in [1.165, 1.54) is 75.7 Å². The Balaban J connectivity index is 1.32. The minimum absolute atomic E-state index is 0.0856. The Kier molecular flexibility index (Phi) is 5.78. The number of nitrogens with zero attached hydrogens (tertiary/aromatic N) is 1. The quantitative estimate of drug-likeness (QED) is 0.196. The molecule has 7 aromatic carbocycles. The highest BCUT2D eigenvalue weighted by molar-refractivity contribution is 7.26. The maximum absolute atomic E-state index is 2.47. The van der Waals surface area contributed by atoms with Crippen molar-refractivity contribution >= 4 is 59.3 Å². The Morgan fingerprint density at radius 2 is 1.16 bits per heavy atom. The van der Waals surface area contributed by atoms with E-state index in [1.807, 2.05) is 11.3 Å². The van der Waals surface area contributed by atoms with Gasteiger partial charge < -0.3 is 4.90 Å². The third-order valence-electron chi connectivity index (χ3n) is 9.66. The van der Waals surface area contributed by atoms with Crippen molar-refractivity contribution < 1.29 is 0 Å². The zero-order chi connectivity index (χ0) is 30.1. The van der Waals surface area contributed by atoms with Crippen molar-refractivity contribution in [1.82, 2.24) is 0 Å². The molecule has 214 valence electrons. The number of thiophene rings is 1. The van der Waals surface area contributed by atoms with Crippen LogP contribution in [-0.4, -0.2) is 0 Å². The molecule has 1 aliphatic carbocycles. The van der Waals surface area contributed by atoms with Crippen molar-refractivity contribution in [2.24, 2.45) is 0 Å². The van der Waals surface area contributed by atoms with E-state index in [4.69, 9.17) is 0 Å². The summed E-state index contributed by atoms with van der Waals surface area (Å²) in [5.41, 5.74) is 11.3. The molecule has 0 fully saturated rings. The van der Waals surface area contributed by atoms with Gasteiger partial charge in [-0.25, -0.2) is 0 Å². The largest absolute Gasteiger partial charge is 0.310 e. The molecule has 1 nitrogen and oxygen atoms in total. The van der Waals surface area contributed by atoms with Gasteiger partial charge in [0.25, 0.3) is 0 Å². The van der Waals surface area contributed by atoms with Crippen molar-refractivity contribution in [3.05, 3.63) is 163 Å². The Bertz CT molecular complexity index is 2410. The molecule has 0 saturated heterocycles. The lowest BCUT2D eigenvalue weighted by atomic mass is 9.82. The fourth-order valence-corrected chi connectivity index (χ4v) is 8.58. The molecule has 0 unspecified atom stereocenters. The van der Waals surface area contributed by atoms with Gasteiger partial charge in [-0.15, -0.1) is 11.3 Å². The fourth-order valence-electron chi connectivity index (χ4n) is 7.46. The predicted molar refractivity (Wildman–Crippen MR) is 195 cm³/mol. The van der Waals surface area contributed by atoms with E-state index in [0.29, 0.717) is 0 Å². The van der Waals surface area contributed by atoms with Crippen LogP contribution in [0.2, 0.25) is 0 Å². The summed E-state index contributed by atoms with van der Waals surface area (Å²) in [4.78, 5) is 2.47. The maximum Gasteiger partial charge on any atom is 0.0540 e. The number of fused-ring (bicyclic) bond motifs is 8. The molecule has 45 heavy (non-hydrogen) atoms. The normalized spacial score (nSPS) is 13.3. The van der Waals surface area contributed by atoms with Crippen LogP contribution < -0.4 is 4.90 Å². The lowest BCUT2D eigenvalue weighted by molar-refractivity contribution is 0.660. The van der Waals surface area contributed by atoms with E-state index in [0.717, 1.165) is 5.69 Å². The third-order valence-corrected chi connectivity index (χ3v) is 10.8. The van der Waals surface area contributed by atoms with E-state index in [2.05, 4.69) is 170 Å². The summed E-state index contributed by atoms with van der Waals surface area (Å²) < 4.78 is 2.66. The molecule has 0 amide bonds. The number of benzene rings is 7. The molecule has 0 N–H and O–H groups in total. The van der Waals surface area contributed by atoms with E-state index >= 15 is 0 Å². The lowest BCUT2D eigenvalue weighted by Crippen LogP contribution is -2.16. The molecule has 0 radical (unpaired) electrons. The summed E-state index contributed by atoms with van der Waals surface area (Å²) >= 11 is 1.88. The Morgan fingerprint density at radius 3 is 2.04 bits per heavy atom. The van der Waals surface area contributed by atoms with E-state index in [-0.39, 0.29) is 5.41 Å². The number of anilines is 3. The number of rotatable bonds is 4. The predicted octanol–water partition coefficient (Wildman–Crippen LogP) is 12.7. The first-order chi connectivity index (χ1) is 22.1. The second-order valence-corrected chi connectivity index (χ2v) is 13.6. The van der Waals surface area contributed by atoms with Crippen molar-refractivity contribution in [2.75, 3.05) is 4.90 Å². The Hall–Kier alpha value is -5.18. The van der Waals surface area contributed by atoms with E-state index in [1.54, 1.807) is 0 Å². The average molecular weight is 594 g/mol. The van der Waals surface area contributed by atoms with Gasteiger partial charge in [0.05, 0.1) is 5.69 Å². The highest BCUT2D eigenvalue weighted by Gasteiger charge is 2.35. The van der Waals surface area contributed by atoms with Crippen molar-refractivity contribution in [1.29, 1.82) is 0 Å². The Labute approximate surface area is 267 Å². The third kappa shape index (κ3) is 3.99. The van der Waals surface area contributed by atoms with E-state index < -0.39 is 0 Å². The molecular weight excluding hydrogens is 563 g/mol. The van der Waals surface area contributed by atoms with Crippen LogP contribution in [0.15, 0.2) is 152 Å². The minimum Gasteiger partial charge on any atom is -0.310 e. The monoisotopic (exact) mass is 593 g/mol. The molecule has 8 aromatic rings. The van der Waals surface area contributed by atoms with Gasteiger partial charge in [-0.05, 0) is 81.1 Å². The first-order valence-corrected chi connectivity index (χ1v) is 16.4. The smallest absolute Gasteiger partial charge is 0.0540 e. The second-order valence-electron chi connectivity index (χ2n) is 12.6. The van der Waals surface area contributed by atoms with Gasteiger partial charge in [0.2, 0.25) is 0 Å². The van der Waals surface area contributed by atoms with Crippen molar-refractivity contribution in [3.8, 4) is 22.3 Å². The van der Waals surface area contributed by atoms with Crippen LogP contribution in [0.4, 0.5) is 17.1 Å². The summed E-state index contributed by atoms with van der Waals surface area (Å²) in [6.07, 6.45) is 0. The highest BCUT2D eigenvalue weighted by atomic mass is 32.1. The van der Waals surface area contributed by atoms with Crippen LogP contribution in [-0.2, 0) is 5.41 Å². The molecule has 2 heteroatoms. The lowest BCUT2D eigenvalue weighted by Gasteiger charge is -2.30. The van der Waals surface area contributed by atoms with Gasteiger partial charge in [-0.3, -0.25) is 0 Å². The van der Waals surface area contributed by atoms with Gasteiger partial charge in [0.1, 0.15) is 0 Å². The average Bonchev–Trinajstić information content (AvgIpc) is 3.58. The fraction of sp³-hybridized carbons (Fsp3) is 0.0698. The minimum atomic E-state index is -0.0856. The van der Waals surface area contributed by atoms with Crippen molar-refractivity contribution in [2.45, 2.75) is 19.3 Å². The molecule has 1 aliphatic rings. The summed E-state index contributed by atoms with van der Waals surface area (Å²) in [6, 6.07) is 55.9. The van der Waals surface area contributed by atoms with Crippen molar-refractivity contribution in [3.63, 3.8) is 0 Å². The first kappa shape index (κ1) is 26.2. The molecule has 1 heterocycles. The molecular formula is C43H31NS. The van der Waals surface area contributed by atoms with Gasteiger partial charge in [-0.2, -0.15) is 0 Å². The highest BCUT2D eigenvalue weighted by Crippen LogP contribution is 2.51. The van der Waals surface area contributed by atoms with Crippen LogP contribution in [0.1, 0.15) is 25.0 Å².